The topological polar surface area (TPSA) is 72.2 Å². The average Bonchev–Trinajstić information content (AvgIpc) is 3.68. The number of methoxy groups -OCH3 is 1. The van der Waals surface area contributed by atoms with E-state index < -0.39 is 0 Å². The molecule has 8 heteroatoms. The molecule has 0 N–H and O–H groups in total. The molecule has 0 radical (unpaired) electrons. The van der Waals surface area contributed by atoms with Crippen molar-refractivity contribution in [1.82, 2.24) is 29.6 Å². The van der Waals surface area contributed by atoms with Crippen molar-refractivity contribution >= 4 is 5.69 Å². The van der Waals surface area contributed by atoms with Crippen LogP contribution in [0.3, 0.4) is 0 Å². The highest BCUT2D eigenvalue weighted by Gasteiger charge is 2.26. The van der Waals surface area contributed by atoms with Crippen molar-refractivity contribution in [3.63, 3.8) is 0 Å². The average molecular weight is 510 g/mol. The molecule has 1 aliphatic carbocycles. The maximum Gasteiger partial charge on any atom is 0.133 e. The van der Waals surface area contributed by atoms with Crippen LogP contribution < -0.4 is 4.90 Å². The highest BCUT2D eigenvalue weighted by atomic mass is 16.5. The number of piperazine rings is 1. The Morgan fingerprint density at radius 1 is 0.974 bits per heavy atom. The zero-order valence-corrected chi connectivity index (χ0v) is 22.0. The first-order valence-corrected chi connectivity index (χ1v) is 13.6. The van der Waals surface area contributed by atoms with Crippen molar-refractivity contribution < 1.29 is 4.74 Å². The fourth-order valence-corrected chi connectivity index (χ4v) is 5.12. The number of hydrogen-bond acceptors (Lipinski definition) is 7. The lowest BCUT2D eigenvalue weighted by Gasteiger charge is -2.36. The van der Waals surface area contributed by atoms with Crippen LogP contribution in [0.15, 0.2) is 67.3 Å². The lowest BCUT2D eigenvalue weighted by molar-refractivity contribution is 0.183. The van der Waals surface area contributed by atoms with Gasteiger partial charge in [0.1, 0.15) is 11.5 Å². The van der Waals surface area contributed by atoms with Crippen molar-refractivity contribution in [3.05, 3.63) is 78.6 Å². The van der Waals surface area contributed by atoms with Crippen LogP contribution in [0.1, 0.15) is 24.2 Å². The fourth-order valence-electron chi connectivity index (χ4n) is 5.12. The molecule has 2 aliphatic rings. The number of anilines is 1. The number of ether oxygens (including phenoxy) is 1. The van der Waals surface area contributed by atoms with Crippen molar-refractivity contribution in [2.75, 3.05) is 51.3 Å². The van der Waals surface area contributed by atoms with Crippen LogP contribution in [-0.4, -0.2) is 76.1 Å². The maximum atomic E-state index is 5.26. The molecule has 6 rings (SSSR count). The van der Waals surface area contributed by atoms with Gasteiger partial charge in [-0.1, -0.05) is 12.1 Å². The highest BCUT2D eigenvalue weighted by Crippen LogP contribution is 2.31. The molecule has 2 fully saturated rings. The molecular weight excluding hydrogens is 474 g/mol. The molecule has 0 bridgehead atoms. The monoisotopic (exact) mass is 509 g/mol. The molecule has 1 saturated carbocycles. The Bertz CT molecular complexity index is 1330. The zero-order valence-electron chi connectivity index (χ0n) is 22.0. The second-order valence-electron chi connectivity index (χ2n) is 10.3. The first kappa shape index (κ1) is 24.7. The minimum atomic E-state index is 0.592. The smallest absolute Gasteiger partial charge is 0.133 e. The van der Waals surface area contributed by atoms with Gasteiger partial charge in [0.2, 0.25) is 0 Å². The van der Waals surface area contributed by atoms with Gasteiger partial charge in [-0.25, -0.2) is 9.97 Å². The highest BCUT2D eigenvalue weighted by molar-refractivity contribution is 5.78. The van der Waals surface area contributed by atoms with Gasteiger partial charge in [-0.3, -0.25) is 14.6 Å². The van der Waals surface area contributed by atoms with Crippen molar-refractivity contribution in [1.29, 1.82) is 0 Å². The van der Waals surface area contributed by atoms with E-state index in [1.807, 2.05) is 41.5 Å². The van der Waals surface area contributed by atoms with Gasteiger partial charge >= 0.3 is 0 Å². The third-order valence-electron chi connectivity index (χ3n) is 7.45. The summed E-state index contributed by atoms with van der Waals surface area (Å²) < 4.78 is 7.17. The van der Waals surface area contributed by atoms with E-state index in [1.165, 1.54) is 43.7 Å². The van der Waals surface area contributed by atoms with Crippen LogP contribution in [0.5, 0.6) is 0 Å². The predicted octanol–water partition coefficient (Wildman–Crippen LogP) is 4.17. The van der Waals surface area contributed by atoms with E-state index in [9.17, 15) is 0 Å². The molecule has 4 heterocycles. The van der Waals surface area contributed by atoms with E-state index in [-0.39, 0.29) is 0 Å². The lowest BCUT2D eigenvalue weighted by Crippen LogP contribution is -2.47. The Morgan fingerprint density at radius 2 is 1.82 bits per heavy atom. The summed E-state index contributed by atoms with van der Waals surface area (Å²) in [4.78, 5) is 18.9. The molecule has 0 atom stereocenters. The van der Waals surface area contributed by atoms with Crippen LogP contribution in [0.4, 0.5) is 5.69 Å². The third-order valence-corrected chi connectivity index (χ3v) is 7.45. The van der Waals surface area contributed by atoms with Gasteiger partial charge in [-0.2, -0.15) is 5.10 Å². The van der Waals surface area contributed by atoms with Gasteiger partial charge in [-0.15, -0.1) is 0 Å². The minimum absolute atomic E-state index is 0.592. The summed E-state index contributed by atoms with van der Waals surface area (Å²) >= 11 is 0. The Hall–Kier alpha value is -3.62. The molecule has 38 heavy (non-hydrogen) atoms. The van der Waals surface area contributed by atoms with Crippen molar-refractivity contribution in [3.8, 4) is 22.5 Å². The Labute approximate surface area is 224 Å². The van der Waals surface area contributed by atoms with E-state index >= 15 is 0 Å². The Morgan fingerprint density at radius 3 is 2.55 bits per heavy atom. The van der Waals surface area contributed by atoms with Crippen LogP contribution in [-0.2, 0) is 17.7 Å². The van der Waals surface area contributed by atoms with Gasteiger partial charge in [-0.05, 0) is 54.7 Å². The molecule has 0 unspecified atom stereocenters. The number of pyridine rings is 1. The second kappa shape index (κ2) is 11.4. The number of rotatable bonds is 10. The van der Waals surface area contributed by atoms with Crippen LogP contribution in [0.25, 0.3) is 22.5 Å². The minimum Gasteiger partial charge on any atom is -0.383 e. The van der Waals surface area contributed by atoms with E-state index in [0.29, 0.717) is 19.6 Å². The van der Waals surface area contributed by atoms with E-state index in [0.717, 1.165) is 47.3 Å². The quantitative estimate of drug-likeness (QED) is 0.318. The molecule has 1 aliphatic heterocycles. The van der Waals surface area contributed by atoms with Crippen molar-refractivity contribution in [2.45, 2.75) is 25.8 Å². The fraction of sp³-hybridized carbons (Fsp3) is 0.400. The predicted molar refractivity (Wildman–Crippen MR) is 149 cm³/mol. The van der Waals surface area contributed by atoms with Crippen LogP contribution in [0, 0.1) is 5.92 Å². The van der Waals surface area contributed by atoms with E-state index in [4.69, 9.17) is 14.8 Å². The van der Waals surface area contributed by atoms with Gasteiger partial charge in [0.25, 0.3) is 0 Å². The molecule has 3 aromatic heterocycles. The number of hydrogen-bond donors (Lipinski definition) is 0. The molecular formula is C30H35N7O. The first-order valence-electron chi connectivity index (χ1n) is 13.6. The van der Waals surface area contributed by atoms with Crippen LogP contribution in [0.2, 0.25) is 0 Å². The molecule has 0 amide bonds. The summed E-state index contributed by atoms with van der Waals surface area (Å²) in [6, 6.07) is 14.8. The summed E-state index contributed by atoms with van der Waals surface area (Å²) in [5.41, 5.74) is 6.16. The Balaban J connectivity index is 1.16. The summed E-state index contributed by atoms with van der Waals surface area (Å²) in [7, 11) is 1.70. The Kier molecular flexibility index (Phi) is 7.42. The number of aromatic nitrogens is 5. The molecule has 196 valence electrons. The largest absolute Gasteiger partial charge is 0.383 e. The SMILES string of the molecule is COCCn1cc(-c2ccnc(Cc3ccc(N4CCN(CC5CC5)CC4)cc3)n2)c(-c2cccnc2)n1. The molecule has 8 nitrogen and oxygen atoms in total. The first-order chi connectivity index (χ1) is 18.7. The van der Waals surface area contributed by atoms with Gasteiger partial charge in [0.05, 0.1) is 18.8 Å². The molecule has 0 spiro atoms. The van der Waals surface area contributed by atoms with E-state index in [2.05, 4.69) is 44.0 Å². The zero-order chi connectivity index (χ0) is 25.7. The summed E-state index contributed by atoms with van der Waals surface area (Å²) in [6.07, 6.45) is 11.0. The summed E-state index contributed by atoms with van der Waals surface area (Å²) in [5, 5.41) is 4.81. The molecule has 1 aromatic carbocycles. The third kappa shape index (κ3) is 5.92. The molecule has 4 aromatic rings. The van der Waals surface area contributed by atoms with Crippen molar-refractivity contribution in [2.24, 2.45) is 5.92 Å². The summed E-state index contributed by atoms with van der Waals surface area (Å²) in [6.45, 7) is 7.11. The second-order valence-corrected chi connectivity index (χ2v) is 10.3. The van der Waals surface area contributed by atoms with E-state index in [1.54, 1.807) is 13.3 Å². The standard InChI is InChI=1S/C30H35N7O/c1-38-18-17-37-22-27(30(34-37)25-3-2-11-31-20-25)28-10-12-32-29(33-28)19-23-6-8-26(9-7-23)36-15-13-35(14-16-36)21-24-4-5-24/h2-3,6-12,20,22,24H,4-5,13-19,21H2,1H3. The van der Waals surface area contributed by atoms with Crippen LogP contribution >= 0.6 is 0 Å². The summed E-state index contributed by atoms with van der Waals surface area (Å²) in [5.74, 6) is 1.76. The lowest BCUT2D eigenvalue weighted by atomic mass is 10.1. The maximum absolute atomic E-state index is 5.26. The normalized spacial score (nSPS) is 16.2. The number of nitrogens with zero attached hydrogens (tertiary/aromatic N) is 7. The van der Waals surface area contributed by atoms with Gasteiger partial charge in [0.15, 0.2) is 0 Å². The van der Waals surface area contributed by atoms with Gasteiger partial charge < -0.3 is 9.64 Å². The van der Waals surface area contributed by atoms with Gasteiger partial charge in [0, 0.05) is 87.9 Å². The molecule has 1 saturated heterocycles. The number of benzene rings is 1.